The van der Waals surface area contributed by atoms with E-state index in [9.17, 15) is 0 Å². The number of nitrogens with one attached hydrogen (secondary N) is 1. The van der Waals surface area contributed by atoms with Gasteiger partial charge in [0.25, 0.3) is 0 Å². The molecule has 0 saturated carbocycles. The molecule has 0 radical (unpaired) electrons. The van der Waals surface area contributed by atoms with E-state index in [-0.39, 0.29) is 0 Å². The van der Waals surface area contributed by atoms with Crippen LogP contribution in [0.5, 0.6) is 0 Å². The lowest BCUT2D eigenvalue weighted by Gasteiger charge is -2.45. The van der Waals surface area contributed by atoms with Gasteiger partial charge in [-0.2, -0.15) is 0 Å². The highest BCUT2D eigenvalue weighted by atomic mass is 35.5. The molecular weight excluding hydrogens is 288 g/mol. The van der Waals surface area contributed by atoms with Crippen LogP contribution in [0.4, 0.5) is 0 Å². The number of nitrogens with zero attached hydrogens (tertiary/aromatic N) is 1. The van der Waals surface area contributed by atoms with E-state index in [2.05, 4.69) is 44.0 Å². The maximum Gasteiger partial charge on any atom is 0.0931 e. The number of halogens is 1. The fraction of sp³-hybridized carbons (Fsp3) is 0.750. The largest absolute Gasteiger partial charge is 0.311 e. The third-order valence-corrected chi connectivity index (χ3v) is 5.78. The molecule has 0 bridgehead atoms. The zero-order valence-corrected chi connectivity index (χ0v) is 14.6. The number of thiophene rings is 1. The van der Waals surface area contributed by atoms with Crippen molar-refractivity contribution in [2.24, 2.45) is 5.92 Å². The third-order valence-electron chi connectivity index (χ3n) is 4.38. The van der Waals surface area contributed by atoms with Crippen molar-refractivity contribution in [2.75, 3.05) is 13.1 Å². The summed E-state index contributed by atoms with van der Waals surface area (Å²) in [6.45, 7) is 11.5. The Kier molecular flexibility index (Phi) is 5.91. The van der Waals surface area contributed by atoms with E-state index in [0.29, 0.717) is 24.0 Å². The Morgan fingerprint density at radius 3 is 2.70 bits per heavy atom. The molecule has 0 aromatic carbocycles. The third kappa shape index (κ3) is 3.76. The van der Waals surface area contributed by atoms with E-state index in [1.165, 1.54) is 17.7 Å². The molecule has 0 aliphatic carbocycles. The first kappa shape index (κ1) is 16.3. The van der Waals surface area contributed by atoms with Crippen molar-refractivity contribution in [3.05, 3.63) is 21.3 Å². The minimum Gasteiger partial charge on any atom is -0.311 e. The second kappa shape index (κ2) is 7.26. The van der Waals surface area contributed by atoms with E-state index in [1.54, 1.807) is 11.3 Å². The van der Waals surface area contributed by atoms with Crippen molar-refractivity contribution >= 4 is 22.9 Å². The first-order chi connectivity index (χ1) is 9.52. The highest BCUT2D eigenvalue weighted by Gasteiger charge is 2.33. The average molecular weight is 315 g/mol. The van der Waals surface area contributed by atoms with Gasteiger partial charge in [0.05, 0.1) is 4.34 Å². The molecule has 3 unspecified atom stereocenters. The second-order valence-electron chi connectivity index (χ2n) is 6.22. The predicted molar refractivity (Wildman–Crippen MR) is 89.8 cm³/mol. The lowest BCUT2D eigenvalue weighted by Crippen LogP contribution is -2.58. The smallest absolute Gasteiger partial charge is 0.0931 e. The lowest BCUT2D eigenvalue weighted by molar-refractivity contribution is 0.0611. The summed E-state index contributed by atoms with van der Waals surface area (Å²) in [6.07, 6.45) is 2.51. The van der Waals surface area contributed by atoms with Crippen molar-refractivity contribution in [1.82, 2.24) is 10.2 Å². The van der Waals surface area contributed by atoms with Crippen LogP contribution < -0.4 is 5.32 Å². The van der Waals surface area contributed by atoms with Gasteiger partial charge in [0.15, 0.2) is 0 Å². The normalized spacial score (nSPS) is 26.1. The zero-order valence-electron chi connectivity index (χ0n) is 13.0. The molecule has 2 nitrogen and oxygen atoms in total. The summed E-state index contributed by atoms with van der Waals surface area (Å²) in [7, 11) is 0. The Morgan fingerprint density at radius 2 is 2.15 bits per heavy atom. The van der Waals surface area contributed by atoms with Crippen molar-refractivity contribution in [1.29, 1.82) is 0 Å². The number of hydrogen-bond acceptors (Lipinski definition) is 3. The van der Waals surface area contributed by atoms with Crippen LogP contribution in [0.1, 0.15) is 51.5 Å². The molecule has 1 aliphatic heterocycles. The highest BCUT2D eigenvalue weighted by molar-refractivity contribution is 7.16. The fourth-order valence-electron chi connectivity index (χ4n) is 3.18. The minimum absolute atomic E-state index is 0.460. The standard InChI is InChI=1S/C16H27ClN2S/c1-5-6-13-10-19(14(9-18-13)11(2)3)12(4)15-7-8-16(17)20-15/h7-8,11-14,18H,5-6,9-10H2,1-4H3. The van der Waals surface area contributed by atoms with Crippen molar-refractivity contribution in [3.8, 4) is 0 Å². The minimum atomic E-state index is 0.460. The Balaban J connectivity index is 2.13. The Bertz CT molecular complexity index is 418. The molecule has 1 saturated heterocycles. The molecule has 1 aliphatic rings. The molecule has 1 fully saturated rings. The Labute approximate surface area is 132 Å². The maximum atomic E-state index is 6.11. The van der Waals surface area contributed by atoms with Gasteiger partial charge in [0.2, 0.25) is 0 Å². The molecule has 0 amide bonds. The molecule has 2 rings (SSSR count). The van der Waals surface area contributed by atoms with Crippen molar-refractivity contribution < 1.29 is 0 Å². The molecule has 2 heterocycles. The maximum absolute atomic E-state index is 6.11. The van der Waals surface area contributed by atoms with Crippen LogP contribution in [0, 0.1) is 5.92 Å². The lowest BCUT2D eigenvalue weighted by atomic mass is 9.95. The van der Waals surface area contributed by atoms with Gasteiger partial charge >= 0.3 is 0 Å². The fourth-order valence-corrected chi connectivity index (χ4v) is 4.31. The summed E-state index contributed by atoms with van der Waals surface area (Å²) in [5, 5.41) is 3.73. The summed E-state index contributed by atoms with van der Waals surface area (Å²) in [5.74, 6) is 0.669. The quantitative estimate of drug-likeness (QED) is 0.857. The van der Waals surface area contributed by atoms with E-state index >= 15 is 0 Å². The molecule has 20 heavy (non-hydrogen) atoms. The Morgan fingerprint density at radius 1 is 1.40 bits per heavy atom. The molecule has 1 aromatic heterocycles. The van der Waals surface area contributed by atoms with Crippen molar-refractivity contribution in [3.63, 3.8) is 0 Å². The summed E-state index contributed by atoms with van der Waals surface area (Å²) in [5.41, 5.74) is 0. The number of rotatable bonds is 5. The molecule has 1 N–H and O–H groups in total. The molecule has 0 spiro atoms. The van der Waals surface area contributed by atoms with Crippen LogP contribution in [-0.4, -0.2) is 30.1 Å². The monoisotopic (exact) mass is 314 g/mol. The van der Waals surface area contributed by atoms with Gasteiger partial charge < -0.3 is 5.32 Å². The Hall–Kier alpha value is -0.0900. The summed E-state index contributed by atoms with van der Waals surface area (Å²) in [4.78, 5) is 4.07. The van der Waals surface area contributed by atoms with Gasteiger partial charge in [0.1, 0.15) is 0 Å². The highest BCUT2D eigenvalue weighted by Crippen LogP contribution is 2.33. The van der Waals surface area contributed by atoms with Gasteiger partial charge in [-0.25, -0.2) is 0 Å². The zero-order chi connectivity index (χ0) is 14.7. The topological polar surface area (TPSA) is 15.3 Å². The summed E-state index contributed by atoms with van der Waals surface area (Å²) in [6, 6.07) is 5.91. The molecule has 3 atom stereocenters. The van der Waals surface area contributed by atoms with Gasteiger partial charge in [-0.05, 0) is 31.4 Å². The average Bonchev–Trinajstić information content (AvgIpc) is 2.84. The molecule has 1 aromatic rings. The number of hydrogen-bond donors (Lipinski definition) is 1. The van der Waals surface area contributed by atoms with E-state index < -0.39 is 0 Å². The van der Waals surface area contributed by atoms with Gasteiger partial charge in [0, 0.05) is 36.1 Å². The van der Waals surface area contributed by atoms with E-state index in [0.717, 1.165) is 17.4 Å². The van der Waals surface area contributed by atoms with Crippen molar-refractivity contribution in [2.45, 2.75) is 58.7 Å². The van der Waals surface area contributed by atoms with Gasteiger partial charge in [-0.1, -0.05) is 38.8 Å². The number of piperazine rings is 1. The van der Waals surface area contributed by atoms with Crippen LogP contribution in [0.2, 0.25) is 4.34 Å². The molecular formula is C16H27ClN2S. The SMILES string of the molecule is CCCC1CN(C(C)c2ccc(Cl)s2)C(C(C)C)CN1. The van der Waals surface area contributed by atoms with E-state index in [4.69, 9.17) is 11.6 Å². The molecule has 4 heteroatoms. The van der Waals surface area contributed by atoms with Crippen LogP contribution in [0.3, 0.4) is 0 Å². The van der Waals surface area contributed by atoms with Crippen LogP contribution >= 0.6 is 22.9 Å². The van der Waals surface area contributed by atoms with Crippen LogP contribution in [0.25, 0.3) is 0 Å². The van der Waals surface area contributed by atoms with Crippen LogP contribution in [-0.2, 0) is 0 Å². The first-order valence-corrected chi connectivity index (χ1v) is 8.96. The summed E-state index contributed by atoms with van der Waals surface area (Å²) >= 11 is 7.83. The molecule has 114 valence electrons. The first-order valence-electron chi connectivity index (χ1n) is 7.77. The predicted octanol–water partition coefficient (Wildman–Crippen LogP) is 4.56. The van der Waals surface area contributed by atoms with Crippen LogP contribution in [0.15, 0.2) is 12.1 Å². The second-order valence-corrected chi connectivity index (χ2v) is 7.97. The summed E-state index contributed by atoms with van der Waals surface area (Å²) < 4.78 is 0.896. The van der Waals surface area contributed by atoms with E-state index in [1.807, 2.05) is 6.07 Å². The van der Waals surface area contributed by atoms with Gasteiger partial charge in [-0.3, -0.25) is 4.90 Å². The van der Waals surface area contributed by atoms with Gasteiger partial charge in [-0.15, -0.1) is 11.3 Å².